The maximum Gasteiger partial charge on any atom is 0.0952 e. The molecule has 3 N–H and O–H groups in total. The van der Waals surface area contributed by atoms with Gasteiger partial charge in [0.25, 0.3) is 0 Å². The van der Waals surface area contributed by atoms with Crippen LogP contribution in [0.1, 0.15) is 51.6 Å². The lowest BCUT2D eigenvalue weighted by Gasteiger charge is -2.41. The first-order valence-electron chi connectivity index (χ1n) is 11.9. The topological polar surface area (TPSA) is 48.0 Å². The molecule has 0 amide bonds. The predicted octanol–water partition coefficient (Wildman–Crippen LogP) is 6.40. The molecule has 0 saturated carbocycles. The van der Waals surface area contributed by atoms with Crippen LogP contribution in [-0.2, 0) is 0 Å². The lowest BCUT2D eigenvalue weighted by atomic mass is 9.75. The maximum absolute atomic E-state index is 11.7. The molecule has 1 aliphatic heterocycles. The summed E-state index contributed by atoms with van der Waals surface area (Å²) >= 11 is 0. The van der Waals surface area contributed by atoms with Crippen molar-refractivity contribution in [1.29, 1.82) is 0 Å². The normalized spacial score (nSPS) is 20.7. The van der Waals surface area contributed by atoms with Gasteiger partial charge in [-0.15, -0.1) is 0 Å². The fraction of sp³-hybridized carbons (Fsp3) is 0.161. The second-order valence-corrected chi connectivity index (χ2v) is 9.28. The van der Waals surface area contributed by atoms with Crippen molar-refractivity contribution >= 4 is 10.9 Å². The molecular formula is C31H28N2O. The van der Waals surface area contributed by atoms with E-state index in [2.05, 4.69) is 90.0 Å². The van der Waals surface area contributed by atoms with Crippen LogP contribution in [0.4, 0.5) is 0 Å². The number of para-hydroxylation sites is 1. The summed E-state index contributed by atoms with van der Waals surface area (Å²) < 4.78 is 0. The van der Waals surface area contributed by atoms with Gasteiger partial charge in [-0.1, -0.05) is 109 Å². The van der Waals surface area contributed by atoms with Crippen molar-refractivity contribution in [2.45, 2.75) is 31.0 Å². The van der Waals surface area contributed by atoms with Crippen LogP contribution >= 0.6 is 0 Å². The number of aromatic amines is 1. The first-order valence-corrected chi connectivity index (χ1v) is 11.9. The van der Waals surface area contributed by atoms with Gasteiger partial charge in [0.05, 0.1) is 12.1 Å². The van der Waals surface area contributed by atoms with Crippen molar-refractivity contribution < 1.29 is 5.11 Å². The van der Waals surface area contributed by atoms with E-state index in [0.29, 0.717) is 0 Å². The third-order valence-electron chi connectivity index (χ3n) is 7.15. The lowest BCUT2D eigenvalue weighted by molar-refractivity contribution is 0.110. The van der Waals surface area contributed by atoms with E-state index >= 15 is 0 Å². The van der Waals surface area contributed by atoms with Crippen molar-refractivity contribution in [2.24, 2.45) is 0 Å². The number of benzene rings is 4. The van der Waals surface area contributed by atoms with E-state index in [4.69, 9.17) is 0 Å². The Hall–Kier alpha value is -3.66. The molecule has 3 nitrogen and oxygen atoms in total. The summed E-state index contributed by atoms with van der Waals surface area (Å²) in [5.41, 5.74) is 8.12. The highest BCUT2D eigenvalue weighted by atomic mass is 16.3. The second-order valence-electron chi connectivity index (χ2n) is 9.28. The highest BCUT2D eigenvalue weighted by molar-refractivity contribution is 5.86. The quantitative estimate of drug-likeness (QED) is 0.300. The molecule has 1 aromatic heterocycles. The fourth-order valence-electron chi connectivity index (χ4n) is 5.49. The summed E-state index contributed by atoms with van der Waals surface area (Å²) in [5, 5.41) is 16.8. The highest BCUT2D eigenvalue weighted by Gasteiger charge is 2.42. The molecule has 0 spiro atoms. The Morgan fingerprint density at radius 1 is 0.706 bits per heavy atom. The number of rotatable bonds is 4. The number of aliphatic hydroxyl groups is 1. The first-order chi connectivity index (χ1) is 16.7. The van der Waals surface area contributed by atoms with Gasteiger partial charge in [-0.05, 0) is 35.2 Å². The monoisotopic (exact) mass is 444 g/mol. The summed E-state index contributed by atoms with van der Waals surface area (Å²) in [5.74, 6) is -0.00995. The summed E-state index contributed by atoms with van der Waals surface area (Å²) in [6.07, 6.45) is -0.666. The van der Waals surface area contributed by atoms with Gasteiger partial charge in [0.2, 0.25) is 0 Å². The zero-order chi connectivity index (χ0) is 23.1. The largest absolute Gasteiger partial charge is 0.387 e. The SMILES string of the molecule is Cc1ccc([C@@H]2N[C@H]([C@@H](O)c3ccccc3)[C@H](c3ccccc3)c3c2[nH]c2ccccc32)cc1. The van der Waals surface area contributed by atoms with Gasteiger partial charge in [-0.25, -0.2) is 0 Å². The molecule has 2 heterocycles. The van der Waals surface area contributed by atoms with Crippen molar-refractivity contribution in [3.05, 3.63) is 143 Å². The average Bonchev–Trinajstić information content (AvgIpc) is 3.28. The molecule has 3 heteroatoms. The molecule has 0 radical (unpaired) electrons. The highest BCUT2D eigenvalue weighted by Crippen LogP contribution is 2.46. The van der Waals surface area contributed by atoms with E-state index in [0.717, 1.165) is 11.1 Å². The number of fused-ring (bicyclic) bond motifs is 3. The summed E-state index contributed by atoms with van der Waals surface area (Å²) in [6.45, 7) is 2.11. The van der Waals surface area contributed by atoms with Crippen LogP contribution in [0.15, 0.2) is 109 Å². The molecule has 0 saturated heterocycles. The van der Waals surface area contributed by atoms with Gasteiger partial charge in [-0.2, -0.15) is 0 Å². The first kappa shape index (κ1) is 20.9. The van der Waals surface area contributed by atoms with Gasteiger partial charge < -0.3 is 10.1 Å². The zero-order valence-electron chi connectivity index (χ0n) is 19.1. The minimum atomic E-state index is -0.666. The summed E-state index contributed by atoms with van der Waals surface area (Å²) in [4.78, 5) is 3.73. The Labute approximate surface area is 200 Å². The van der Waals surface area contributed by atoms with Gasteiger partial charge in [0, 0.05) is 28.6 Å². The average molecular weight is 445 g/mol. The van der Waals surface area contributed by atoms with Gasteiger partial charge in [-0.3, -0.25) is 5.32 Å². The Bertz CT molecular complexity index is 1410. The van der Waals surface area contributed by atoms with Crippen molar-refractivity contribution in [2.75, 3.05) is 0 Å². The number of hydrogen-bond acceptors (Lipinski definition) is 2. The zero-order valence-corrected chi connectivity index (χ0v) is 19.1. The Balaban J connectivity index is 1.60. The minimum absolute atomic E-state index is 0.00995. The maximum atomic E-state index is 11.7. The smallest absolute Gasteiger partial charge is 0.0952 e. The van der Waals surface area contributed by atoms with E-state index < -0.39 is 6.10 Å². The van der Waals surface area contributed by atoms with Crippen molar-refractivity contribution in [1.82, 2.24) is 10.3 Å². The van der Waals surface area contributed by atoms with Crippen LogP contribution in [0.25, 0.3) is 10.9 Å². The van der Waals surface area contributed by atoms with Gasteiger partial charge >= 0.3 is 0 Å². The van der Waals surface area contributed by atoms with Crippen LogP contribution in [0.3, 0.4) is 0 Å². The van der Waals surface area contributed by atoms with Crippen LogP contribution in [0.2, 0.25) is 0 Å². The third kappa shape index (κ3) is 3.54. The van der Waals surface area contributed by atoms with Crippen LogP contribution in [0.5, 0.6) is 0 Å². The van der Waals surface area contributed by atoms with Crippen LogP contribution < -0.4 is 5.32 Å². The fourth-order valence-corrected chi connectivity index (χ4v) is 5.49. The molecule has 0 fully saturated rings. The number of hydrogen-bond donors (Lipinski definition) is 3. The predicted molar refractivity (Wildman–Crippen MR) is 138 cm³/mol. The Morgan fingerprint density at radius 3 is 2.09 bits per heavy atom. The van der Waals surface area contributed by atoms with E-state index in [1.165, 1.54) is 33.3 Å². The van der Waals surface area contributed by atoms with Crippen LogP contribution in [0, 0.1) is 6.92 Å². The third-order valence-corrected chi connectivity index (χ3v) is 7.15. The van der Waals surface area contributed by atoms with E-state index in [9.17, 15) is 5.11 Å². The molecule has 6 rings (SSSR count). The number of aryl methyl sites for hydroxylation is 1. The second kappa shape index (κ2) is 8.60. The molecule has 1 aliphatic rings. The van der Waals surface area contributed by atoms with Gasteiger partial charge in [0.15, 0.2) is 0 Å². The van der Waals surface area contributed by atoms with E-state index in [1.54, 1.807) is 0 Å². The van der Waals surface area contributed by atoms with Crippen LogP contribution in [-0.4, -0.2) is 16.1 Å². The van der Waals surface area contributed by atoms with Crippen molar-refractivity contribution in [3.8, 4) is 0 Å². The summed E-state index contributed by atoms with van der Waals surface area (Å²) in [6, 6.07) is 37.5. The summed E-state index contributed by atoms with van der Waals surface area (Å²) in [7, 11) is 0. The molecule has 0 bridgehead atoms. The molecule has 34 heavy (non-hydrogen) atoms. The molecule has 4 atom stereocenters. The lowest BCUT2D eigenvalue weighted by Crippen LogP contribution is -2.47. The van der Waals surface area contributed by atoms with E-state index in [1.807, 2.05) is 36.4 Å². The molecule has 4 aromatic carbocycles. The minimum Gasteiger partial charge on any atom is -0.387 e. The molecular weight excluding hydrogens is 416 g/mol. The van der Waals surface area contributed by atoms with Crippen molar-refractivity contribution in [3.63, 3.8) is 0 Å². The molecule has 5 aromatic rings. The molecule has 0 unspecified atom stereocenters. The van der Waals surface area contributed by atoms with Gasteiger partial charge in [0.1, 0.15) is 0 Å². The standard InChI is InChI=1S/C31H28N2O/c1-20-16-18-22(19-17-20)28-29-27(24-14-8-9-15-25(24)32-29)26(21-10-4-2-5-11-21)30(33-28)31(34)23-12-6-3-7-13-23/h2-19,26,28,30-34H,1H3/t26-,28+,30+,31+/m1/s1. The molecule has 168 valence electrons. The number of nitrogens with one attached hydrogen (secondary N) is 2. The number of H-pyrrole nitrogens is 1. The Morgan fingerprint density at radius 2 is 1.35 bits per heavy atom. The number of aliphatic hydroxyl groups excluding tert-OH is 1. The van der Waals surface area contributed by atoms with E-state index in [-0.39, 0.29) is 18.0 Å². The Kier molecular flexibility index (Phi) is 5.29. The number of aromatic nitrogens is 1. The molecule has 0 aliphatic carbocycles.